The van der Waals surface area contributed by atoms with E-state index in [9.17, 15) is 9.90 Å². The molecule has 0 spiro atoms. The molecule has 154 valence electrons. The Morgan fingerprint density at radius 2 is 2.39 bits per heavy atom. The number of hydrogen-bond acceptors (Lipinski definition) is 9. The first kappa shape index (κ1) is 21.1. The van der Waals surface area contributed by atoms with E-state index in [0.717, 1.165) is 0 Å². The van der Waals surface area contributed by atoms with E-state index in [1.54, 1.807) is 37.5 Å². The third-order valence-corrected chi connectivity index (χ3v) is 6.06. The number of aromatic nitrogens is 4. The molecular formula is C16H24N6O4S2. The highest BCUT2D eigenvalue weighted by Gasteiger charge is 2.38. The van der Waals surface area contributed by atoms with E-state index >= 15 is 0 Å². The van der Waals surface area contributed by atoms with Crippen LogP contribution in [0.2, 0.25) is 0 Å². The lowest BCUT2D eigenvalue weighted by Crippen LogP contribution is -2.29. The molecule has 0 aromatic carbocycles. The van der Waals surface area contributed by atoms with E-state index in [1.807, 2.05) is 27.3 Å². The van der Waals surface area contributed by atoms with Crippen molar-refractivity contribution < 1.29 is 14.6 Å². The van der Waals surface area contributed by atoms with Gasteiger partial charge in [-0.25, -0.2) is 9.67 Å². The van der Waals surface area contributed by atoms with Crippen LogP contribution in [0.1, 0.15) is 19.6 Å². The largest absolute Gasteiger partial charge is 0.394 e. The van der Waals surface area contributed by atoms with Gasteiger partial charge in [0.2, 0.25) is 5.95 Å². The van der Waals surface area contributed by atoms with Gasteiger partial charge in [0.25, 0.3) is 5.56 Å². The molecule has 1 aliphatic heterocycles. The van der Waals surface area contributed by atoms with E-state index in [-0.39, 0.29) is 29.7 Å². The zero-order valence-corrected chi connectivity index (χ0v) is 17.7. The zero-order chi connectivity index (χ0) is 20.3. The third kappa shape index (κ3) is 4.69. The van der Waals surface area contributed by atoms with E-state index in [1.165, 1.54) is 6.20 Å². The molecule has 28 heavy (non-hydrogen) atoms. The first-order valence-electron chi connectivity index (χ1n) is 8.72. The predicted octanol–water partition coefficient (Wildman–Crippen LogP) is 1.36. The monoisotopic (exact) mass is 428 g/mol. The summed E-state index contributed by atoms with van der Waals surface area (Å²) in [6, 6.07) is 0. The van der Waals surface area contributed by atoms with Gasteiger partial charge in [-0.3, -0.25) is 9.78 Å². The molecule has 1 saturated heterocycles. The van der Waals surface area contributed by atoms with Crippen molar-refractivity contribution in [2.45, 2.75) is 37.2 Å². The molecule has 0 amide bonds. The fraction of sp³-hybridized carbons (Fsp3) is 0.625. The lowest BCUT2D eigenvalue weighted by Gasteiger charge is -2.20. The lowest BCUT2D eigenvalue weighted by molar-refractivity contribution is -0.0652. The average molecular weight is 429 g/mol. The molecule has 1 aliphatic rings. The fourth-order valence-electron chi connectivity index (χ4n) is 2.93. The number of nitrogens with zero attached hydrogens (tertiary/aromatic N) is 5. The molecule has 0 saturated carbocycles. The molecule has 1 unspecified atom stereocenters. The van der Waals surface area contributed by atoms with Gasteiger partial charge in [-0.15, -0.1) is 0 Å². The summed E-state index contributed by atoms with van der Waals surface area (Å²) in [5, 5.41) is 14.3. The van der Waals surface area contributed by atoms with Gasteiger partial charge in [0.15, 0.2) is 11.9 Å². The second-order valence-corrected chi connectivity index (χ2v) is 9.24. The van der Waals surface area contributed by atoms with Crippen LogP contribution >= 0.6 is 21.6 Å². The maximum atomic E-state index is 12.3. The van der Waals surface area contributed by atoms with Crippen molar-refractivity contribution in [2.75, 3.05) is 27.0 Å². The molecule has 0 bridgehead atoms. The summed E-state index contributed by atoms with van der Waals surface area (Å²) in [6.07, 6.45) is 4.24. The highest BCUT2D eigenvalue weighted by Crippen LogP contribution is 2.35. The van der Waals surface area contributed by atoms with Crippen LogP contribution in [0.5, 0.6) is 0 Å². The van der Waals surface area contributed by atoms with Crippen LogP contribution in [0, 0.1) is 0 Å². The number of aromatic amines is 1. The number of rotatable bonds is 8. The van der Waals surface area contributed by atoms with Crippen LogP contribution in [0.25, 0.3) is 11.0 Å². The van der Waals surface area contributed by atoms with Gasteiger partial charge < -0.3 is 19.5 Å². The molecule has 2 aromatic heterocycles. The van der Waals surface area contributed by atoms with Crippen LogP contribution in [-0.2, 0) is 9.47 Å². The van der Waals surface area contributed by atoms with Crippen LogP contribution in [-0.4, -0.2) is 80.7 Å². The van der Waals surface area contributed by atoms with Crippen molar-refractivity contribution in [2.24, 2.45) is 4.99 Å². The Bertz CT molecular complexity index is 886. The van der Waals surface area contributed by atoms with Gasteiger partial charge in [-0.05, 0) is 13.2 Å². The summed E-state index contributed by atoms with van der Waals surface area (Å²) in [5.41, 5.74) is 0.0129. The van der Waals surface area contributed by atoms with E-state index in [4.69, 9.17) is 9.47 Å². The number of H-pyrrole nitrogens is 1. The van der Waals surface area contributed by atoms with Gasteiger partial charge in [-0.2, -0.15) is 10.1 Å². The topological polar surface area (TPSA) is 118 Å². The summed E-state index contributed by atoms with van der Waals surface area (Å²) in [4.78, 5) is 25.3. The molecule has 2 aromatic rings. The minimum Gasteiger partial charge on any atom is -0.394 e. The minimum absolute atomic E-state index is 0.0429. The second-order valence-electron chi connectivity index (χ2n) is 6.48. The lowest BCUT2D eigenvalue weighted by atomic mass is 10.2. The third-order valence-electron chi connectivity index (χ3n) is 4.09. The fourth-order valence-corrected chi connectivity index (χ4v) is 4.34. The van der Waals surface area contributed by atoms with Crippen LogP contribution in [0.15, 0.2) is 16.0 Å². The number of aliphatic imine (C=N–C) groups is 1. The molecular weight excluding hydrogens is 404 g/mol. The van der Waals surface area contributed by atoms with Gasteiger partial charge in [0.1, 0.15) is 16.9 Å². The molecule has 1 fully saturated rings. The standard InChI is InChI=1S/C16H24N6O4S2/c1-9(28-27-4)25-11-5-13(26-12(11)7-23)22-14-10(6-18-22)15(24)20-16(19-14)17-8-21(2)3/h6,8-9,11-13,23H,5,7H2,1-4H3,(H,19,20,24)/t9-,11?,12+,13+/m0/s1. The van der Waals surface area contributed by atoms with E-state index in [2.05, 4.69) is 20.1 Å². The highest BCUT2D eigenvalue weighted by molar-refractivity contribution is 8.76. The molecule has 4 atom stereocenters. The number of ether oxygens (including phenoxy) is 2. The van der Waals surface area contributed by atoms with Crippen molar-refractivity contribution in [3.63, 3.8) is 0 Å². The smallest absolute Gasteiger partial charge is 0.263 e. The zero-order valence-electron chi connectivity index (χ0n) is 16.1. The number of aliphatic hydroxyl groups excluding tert-OH is 1. The summed E-state index contributed by atoms with van der Waals surface area (Å²) in [6.45, 7) is 1.80. The van der Waals surface area contributed by atoms with Crippen molar-refractivity contribution >= 4 is 44.9 Å². The molecule has 0 aliphatic carbocycles. The quantitative estimate of drug-likeness (QED) is 0.278. The van der Waals surface area contributed by atoms with Crippen LogP contribution in [0.3, 0.4) is 0 Å². The number of hydrogen-bond donors (Lipinski definition) is 2. The van der Waals surface area contributed by atoms with Crippen molar-refractivity contribution in [1.29, 1.82) is 0 Å². The maximum absolute atomic E-state index is 12.3. The molecule has 3 rings (SSSR count). The number of aliphatic hydroxyl groups is 1. The number of nitrogens with one attached hydrogen (secondary N) is 1. The predicted molar refractivity (Wildman–Crippen MR) is 111 cm³/mol. The Balaban J connectivity index is 1.87. The second kappa shape index (κ2) is 9.27. The first-order valence-corrected chi connectivity index (χ1v) is 11.3. The molecule has 0 radical (unpaired) electrons. The SMILES string of the molecule is CSS[C@@H](C)OC1C[C@H](n2ncc3c(=O)[nH]c(N=CN(C)C)nc32)O[C@@H]1CO. The Morgan fingerprint density at radius 3 is 3.07 bits per heavy atom. The molecule has 12 heteroatoms. The van der Waals surface area contributed by atoms with Crippen LogP contribution < -0.4 is 5.56 Å². The minimum atomic E-state index is -0.494. The molecule has 2 N–H and O–H groups in total. The highest BCUT2D eigenvalue weighted by atomic mass is 33.1. The summed E-state index contributed by atoms with van der Waals surface area (Å²) in [5.74, 6) is 0.183. The normalized spacial score (nSPS) is 23.7. The Morgan fingerprint density at radius 1 is 1.61 bits per heavy atom. The van der Waals surface area contributed by atoms with Crippen molar-refractivity contribution in [3.05, 3.63) is 16.6 Å². The van der Waals surface area contributed by atoms with Crippen LogP contribution in [0.4, 0.5) is 5.95 Å². The number of fused-ring (bicyclic) bond motifs is 1. The Labute approximate surface area is 170 Å². The van der Waals surface area contributed by atoms with Gasteiger partial charge in [0.05, 0.1) is 25.2 Å². The van der Waals surface area contributed by atoms with Gasteiger partial charge >= 0.3 is 0 Å². The Kier molecular flexibility index (Phi) is 6.99. The Hall–Kier alpha value is -1.60. The van der Waals surface area contributed by atoms with E-state index < -0.39 is 12.3 Å². The first-order chi connectivity index (χ1) is 13.4. The maximum Gasteiger partial charge on any atom is 0.263 e. The van der Waals surface area contributed by atoms with Crippen molar-refractivity contribution in [3.8, 4) is 0 Å². The van der Waals surface area contributed by atoms with Crippen molar-refractivity contribution in [1.82, 2.24) is 24.6 Å². The summed E-state index contributed by atoms with van der Waals surface area (Å²) < 4.78 is 13.5. The van der Waals surface area contributed by atoms with E-state index in [0.29, 0.717) is 17.5 Å². The summed E-state index contributed by atoms with van der Waals surface area (Å²) in [7, 11) is 6.86. The van der Waals surface area contributed by atoms with Gasteiger partial charge in [0, 0.05) is 20.5 Å². The van der Waals surface area contributed by atoms with Gasteiger partial charge in [-0.1, -0.05) is 21.6 Å². The molecule has 3 heterocycles. The summed E-state index contributed by atoms with van der Waals surface area (Å²) >= 11 is 0. The average Bonchev–Trinajstić information content (AvgIpc) is 3.24. The molecule has 10 nitrogen and oxygen atoms in total.